The molecule has 2 aromatic heterocycles. The zero-order valence-electron chi connectivity index (χ0n) is 43.7. The van der Waals surface area contributed by atoms with Gasteiger partial charge in [-0.2, -0.15) is 10.2 Å². The number of aryl methyl sites for hydroxylation is 1. The number of unbranched alkanes of at least 4 members (excludes halogenated alkanes) is 2. The molecule has 1 saturated carbocycles. The summed E-state index contributed by atoms with van der Waals surface area (Å²) in [6, 6.07) is 32.4. The molecule has 4 N–H and O–H groups in total. The summed E-state index contributed by atoms with van der Waals surface area (Å²) in [5, 5.41) is 36.1. The van der Waals surface area contributed by atoms with Crippen LogP contribution in [-0.2, 0) is 60.0 Å². The Morgan fingerprint density at radius 3 is 1.80 bits per heavy atom. The number of Topliss-reactive ketones (excluding diaryl/α,β-unsaturated/α-hetero) is 1. The fourth-order valence-electron chi connectivity index (χ4n) is 8.56. The number of hydrogen-bond donors (Lipinski definition) is 4. The number of hydrogen-bond acceptors (Lipinski definition) is 9. The number of aliphatic hydroxyl groups is 2. The molecule has 1 fully saturated rings. The Morgan fingerprint density at radius 2 is 1.25 bits per heavy atom. The van der Waals surface area contributed by atoms with Crippen molar-refractivity contribution in [2.75, 3.05) is 23.7 Å². The minimum Gasteiger partial charge on any atom is -0.392 e. The van der Waals surface area contributed by atoms with Gasteiger partial charge in [0.1, 0.15) is 5.78 Å². The van der Waals surface area contributed by atoms with E-state index in [1.165, 1.54) is 50.9 Å². The predicted molar refractivity (Wildman–Crippen MR) is 288 cm³/mol. The lowest BCUT2D eigenvalue weighted by Crippen LogP contribution is -2.34. The number of benzene rings is 4. The number of rotatable bonds is 15. The van der Waals surface area contributed by atoms with Gasteiger partial charge in [-0.1, -0.05) is 114 Å². The lowest BCUT2D eigenvalue weighted by Gasteiger charge is -2.26. The Bertz CT molecular complexity index is 2630. The molecule has 380 valence electrons. The number of ketones is 1. The van der Waals surface area contributed by atoms with E-state index in [0.717, 1.165) is 125 Å². The third-order valence-electron chi connectivity index (χ3n) is 12.4. The monoisotopic (exact) mass is 967 g/mol. The van der Waals surface area contributed by atoms with Gasteiger partial charge in [0.2, 0.25) is 12.3 Å². The molecule has 2 amide bonds. The smallest absolute Gasteiger partial charge is 0.219 e. The average molecular weight is 967 g/mol. The molecule has 13 heteroatoms. The largest absolute Gasteiger partial charge is 0.392 e. The van der Waals surface area contributed by atoms with Gasteiger partial charge in [0.05, 0.1) is 25.8 Å². The van der Waals surface area contributed by atoms with E-state index >= 15 is 0 Å². The Balaban J connectivity index is 0.000000231. The number of nitrogens with zero attached hydrogens (tertiary/aromatic N) is 6. The van der Waals surface area contributed by atoms with E-state index in [9.17, 15) is 24.6 Å². The van der Waals surface area contributed by atoms with Gasteiger partial charge in [0.25, 0.3) is 0 Å². The van der Waals surface area contributed by atoms with Crippen LogP contribution >= 0.6 is 0 Å². The van der Waals surface area contributed by atoms with Gasteiger partial charge >= 0.3 is 0 Å². The van der Waals surface area contributed by atoms with Crippen LogP contribution in [0.2, 0.25) is 0 Å². The second-order valence-electron chi connectivity index (χ2n) is 18.1. The van der Waals surface area contributed by atoms with E-state index in [0.29, 0.717) is 13.1 Å². The SMILES string of the molecule is CC.CC.CC(=O)N1CCc2c(c(Nc3cccc(-c4ccc(CO)cc4)c3)nn2CC2CC2)C1.CC(C)=O.CCCCCn1nc(Nc2cccc(-c3cccc(C(C)O)c3)c2)c2c1CCN(C=O)C2. The van der Waals surface area contributed by atoms with E-state index < -0.39 is 6.10 Å². The average Bonchev–Trinajstić information content (AvgIpc) is 4.08. The van der Waals surface area contributed by atoms with Crippen LogP contribution in [0.5, 0.6) is 0 Å². The second kappa shape index (κ2) is 27.7. The maximum Gasteiger partial charge on any atom is 0.219 e. The van der Waals surface area contributed by atoms with E-state index in [1.807, 2.05) is 104 Å². The maximum atomic E-state index is 12.0. The van der Waals surface area contributed by atoms with Crippen molar-refractivity contribution in [3.8, 4) is 22.3 Å². The first-order chi connectivity index (χ1) is 34.4. The molecule has 0 saturated heterocycles. The molecular formula is C58H78N8O5. The molecule has 1 atom stereocenters. The highest BCUT2D eigenvalue weighted by Crippen LogP contribution is 2.36. The molecule has 9 rings (SSSR count). The number of fused-ring (bicyclic) bond motifs is 2. The Kier molecular flexibility index (Phi) is 21.6. The first kappa shape index (κ1) is 55.4. The molecule has 71 heavy (non-hydrogen) atoms. The van der Waals surface area contributed by atoms with Crippen LogP contribution < -0.4 is 10.6 Å². The molecule has 6 aromatic rings. The minimum absolute atomic E-state index is 0.0494. The van der Waals surface area contributed by atoms with Crippen LogP contribution in [0.25, 0.3) is 22.3 Å². The van der Waals surface area contributed by atoms with Gasteiger partial charge in [-0.15, -0.1) is 0 Å². The van der Waals surface area contributed by atoms with Crippen molar-refractivity contribution in [2.24, 2.45) is 5.92 Å². The van der Waals surface area contributed by atoms with Gasteiger partial charge in [0, 0.05) is 79.8 Å². The third kappa shape index (κ3) is 15.7. The summed E-state index contributed by atoms with van der Waals surface area (Å²) in [7, 11) is 0. The summed E-state index contributed by atoms with van der Waals surface area (Å²) >= 11 is 0. The summed E-state index contributed by atoms with van der Waals surface area (Å²) in [4.78, 5) is 36.5. The topological polar surface area (TPSA) is 158 Å². The summed E-state index contributed by atoms with van der Waals surface area (Å²) in [6.07, 6.45) is 8.16. The Morgan fingerprint density at radius 1 is 0.718 bits per heavy atom. The Labute approximate surface area is 422 Å². The summed E-state index contributed by atoms with van der Waals surface area (Å²) in [5.41, 5.74) is 12.8. The molecule has 3 aliphatic rings. The highest BCUT2D eigenvalue weighted by molar-refractivity contribution is 5.75. The molecular weight excluding hydrogens is 889 g/mol. The van der Waals surface area contributed by atoms with Gasteiger partial charge in [-0.3, -0.25) is 19.0 Å². The highest BCUT2D eigenvalue weighted by atomic mass is 16.3. The molecule has 2 aliphatic heterocycles. The van der Waals surface area contributed by atoms with Crippen molar-refractivity contribution in [2.45, 2.75) is 146 Å². The van der Waals surface area contributed by atoms with Gasteiger partial charge in [0.15, 0.2) is 11.6 Å². The van der Waals surface area contributed by atoms with Crippen molar-refractivity contribution >= 4 is 41.1 Å². The van der Waals surface area contributed by atoms with Crippen molar-refractivity contribution in [3.05, 3.63) is 131 Å². The van der Waals surface area contributed by atoms with Crippen molar-refractivity contribution in [1.29, 1.82) is 0 Å². The van der Waals surface area contributed by atoms with Crippen molar-refractivity contribution in [3.63, 3.8) is 0 Å². The number of carbonyl (C=O) groups excluding carboxylic acids is 3. The van der Waals surface area contributed by atoms with Crippen LogP contribution in [0.4, 0.5) is 23.0 Å². The minimum atomic E-state index is -0.500. The van der Waals surface area contributed by atoms with E-state index in [-0.39, 0.29) is 18.3 Å². The van der Waals surface area contributed by atoms with Crippen LogP contribution in [-0.4, -0.2) is 70.8 Å². The van der Waals surface area contributed by atoms with Crippen LogP contribution in [0.15, 0.2) is 97.1 Å². The molecule has 1 unspecified atom stereocenters. The lowest BCUT2D eigenvalue weighted by molar-refractivity contribution is -0.129. The first-order valence-corrected chi connectivity index (χ1v) is 25.7. The molecule has 0 radical (unpaired) electrons. The molecule has 0 bridgehead atoms. The number of aliphatic hydroxyl groups excluding tert-OH is 2. The van der Waals surface area contributed by atoms with Gasteiger partial charge in [-0.05, 0) is 110 Å². The van der Waals surface area contributed by atoms with Crippen LogP contribution in [0, 0.1) is 5.92 Å². The predicted octanol–water partition coefficient (Wildman–Crippen LogP) is 11.8. The quantitative estimate of drug-likeness (QED) is 0.0581. The molecule has 0 spiro atoms. The van der Waals surface area contributed by atoms with Gasteiger partial charge < -0.3 is 35.4 Å². The number of carbonyl (C=O) groups is 3. The fourth-order valence-corrected chi connectivity index (χ4v) is 8.56. The van der Waals surface area contributed by atoms with E-state index in [1.54, 1.807) is 13.8 Å². The standard InChI is InChI=1S/C26H32N4O2.C25H28N4O2.C3H6O.2C2H6/c1-3-4-5-13-30-25-12-14-29(18-31)17-24(25)26(28-30)27-23-11-7-10-22(16-23)21-9-6-8-20(15-21)19(2)32;1-17(31)28-12-11-24-23(15-28)25(27-29(24)14-18-5-6-18)26-22-4-2-3-21(13-22)20-9-7-19(16-30)8-10-20;1-3(2)4;2*1-2/h6-11,15-16,18-19,32H,3-5,12-14,17H2,1-2H3,(H,27,28);2-4,7-10,13,18,30H,5-6,11-12,14-16H2,1H3,(H,26,27);1-2H3;2*1-2H3. The number of nitrogens with one attached hydrogen (secondary N) is 2. The molecule has 1 aliphatic carbocycles. The normalized spacial score (nSPS) is 13.7. The lowest BCUT2D eigenvalue weighted by atomic mass is 10.0. The summed E-state index contributed by atoms with van der Waals surface area (Å²) < 4.78 is 4.30. The van der Waals surface area contributed by atoms with Crippen LogP contribution in [0.3, 0.4) is 0 Å². The fraction of sp³-hybridized carbons (Fsp3) is 0.431. The molecule has 13 nitrogen and oxygen atoms in total. The molecule has 4 aromatic carbocycles. The number of aromatic nitrogens is 4. The zero-order chi connectivity index (χ0) is 51.5. The summed E-state index contributed by atoms with van der Waals surface area (Å²) in [5.74, 6) is 2.71. The summed E-state index contributed by atoms with van der Waals surface area (Å²) in [6.45, 7) is 21.3. The number of amides is 2. The van der Waals surface area contributed by atoms with E-state index in [4.69, 9.17) is 10.2 Å². The van der Waals surface area contributed by atoms with Crippen molar-refractivity contribution < 1.29 is 24.6 Å². The van der Waals surface area contributed by atoms with Crippen LogP contribution in [0.1, 0.15) is 134 Å². The number of anilines is 4. The third-order valence-corrected chi connectivity index (χ3v) is 12.4. The second-order valence-corrected chi connectivity index (χ2v) is 18.1. The maximum absolute atomic E-state index is 12.0. The highest BCUT2D eigenvalue weighted by Gasteiger charge is 2.30. The molecule has 4 heterocycles. The van der Waals surface area contributed by atoms with Gasteiger partial charge in [-0.25, -0.2) is 0 Å². The first-order valence-electron chi connectivity index (χ1n) is 25.7. The zero-order valence-corrected chi connectivity index (χ0v) is 43.7. The van der Waals surface area contributed by atoms with E-state index in [2.05, 4.69) is 57.3 Å². The Hall–Kier alpha value is -6.57. The van der Waals surface area contributed by atoms with Crippen molar-refractivity contribution in [1.82, 2.24) is 29.4 Å².